The number of hydrogen-bond acceptors (Lipinski definition) is 5. The summed E-state index contributed by atoms with van der Waals surface area (Å²) in [5.74, 6) is -0.223. The number of hydrogen-bond donors (Lipinski definition) is 0. The maximum absolute atomic E-state index is 11.0. The summed E-state index contributed by atoms with van der Waals surface area (Å²) in [5, 5.41) is 8.59. The van der Waals surface area contributed by atoms with Gasteiger partial charge in [-0.3, -0.25) is 4.89 Å². The first-order chi connectivity index (χ1) is 10.1. The summed E-state index contributed by atoms with van der Waals surface area (Å²) in [6.45, 7) is 7.24. The Morgan fingerprint density at radius 2 is 2.29 bits per heavy atom. The lowest BCUT2D eigenvalue weighted by Crippen LogP contribution is -2.06. The number of rotatable bonds is 6. The number of nitrogens with zero attached hydrogens (tertiary/aromatic N) is 3. The van der Waals surface area contributed by atoms with Crippen LogP contribution in [0.15, 0.2) is 37.1 Å². The fourth-order valence-corrected chi connectivity index (χ4v) is 1.71. The fourth-order valence-electron chi connectivity index (χ4n) is 1.71. The molecule has 6 nitrogen and oxygen atoms in total. The van der Waals surface area contributed by atoms with E-state index in [2.05, 4.69) is 28.6 Å². The van der Waals surface area contributed by atoms with Gasteiger partial charge in [-0.25, -0.2) is 9.68 Å². The predicted octanol–water partition coefficient (Wildman–Crippen LogP) is 2.55. The smallest absolute Gasteiger partial charge is 0.286 e. The number of benzene rings is 1. The first-order valence-electron chi connectivity index (χ1n) is 6.67. The van der Waals surface area contributed by atoms with Crippen molar-refractivity contribution < 1.29 is 14.6 Å². The minimum absolute atomic E-state index is 0.428. The topological polar surface area (TPSA) is 66.2 Å². The molecule has 0 unspecified atom stereocenters. The average molecular weight is 287 g/mol. The summed E-state index contributed by atoms with van der Waals surface area (Å²) < 4.78 is 0. The molecule has 0 aliphatic heterocycles. The SMILES string of the molecule is C=CC(=O)OOc1cc(-n2ncc(CCC)n2)ccc1C. The van der Waals surface area contributed by atoms with Crippen molar-refractivity contribution in [3.8, 4) is 11.4 Å². The van der Waals surface area contributed by atoms with Gasteiger partial charge in [-0.1, -0.05) is 26.0 Å². The Morgan fingerprint density at radius 1 is 1.48 bits per heavy atom. The van der Waals surface area contributed by atoms with Gasteiger partial charge in [0, 0.05) is 12.1 Å². The molecule has 21 heavy (non-hydrogen) atoms. The summed E-state index contributed by atoms with van der Waals surface area (Å²) >= 11 is 0. The molecule has 0 aliphatic rings. The van der Waals surface area contributed by atoms with Gasteiger partial charge in [-0.05, 0) is 25.0 Å². The lowest BCUT2D eigenvalue weighted by Gasteiger charge is -2.07. The molecule has 2 aromatic rings. The molecule has 0 bridgehead atoms. The summed E-state index contributed by atoms with van der Waals surface area (Å²) in [6.07, 6.45) is 4.66. The molecule has 0 spiro atoms. The highest BCUT2D eigenvalue weighted by molar-refractivity contribution is 5.80. The van der Waals surface area contributed by atoms with Gasteiger partial charge < -0.3 is 0 Å². The molecule has 1 heterocycles. The quantitative estimate of drug-likeness (QED) is 0.464. The second-order valence-corrected chi connectivity index (χ2v) is 4.51. The van der Waals surface area contributed by atoms with Crippen LogP contribution < -0.4 is 4.89 Å². The van der Waals surface area contributed by atoms with Gasteiger partial charge >= 0.3 is 5.97 Å². The monoisotopic (exact) mass is 287 g/mol. The van der Waals surface area contributed by atoms with Crippen LogP contribution in [0.1, 0.15) is 24.6 Å². The Balaban J connectivity index is 2.20. The lowest BCUT2D eigenvalue weighted by molar-refractivity contribution is -0.207. The molecule has 110 valence electrons. The van der Waals surface area contributed by atoms with Crippen LogP contribution in [0.25, 0.3) is 5.69 Å². The van der Waals surface area contributed by atoms with Crippen molar-refractivity contribution in [2.45, 2.75) is 26.7 Å². The molecule has 0 saturated heterocycles. The zero-order chi connectivity index (χ0) is 15.2. The first kappa shape index (κ1) is 14.8. The highest BCUT2D eigenvalue weighted by Crippen LogP contribution is 2.21. The van der Waals surface area contributed by atoms with Gasteiger partial charge in [0.15, 0.2) is 5.75 Å². The molecule has 1 aromatic carbocycles. The van der Waals surface area contributed by atoms with Crippen LogP contribution in [0.4, 0.5) is 0 Å². The minimum atomic E-state index is -0.651. The van der Waals surface area contributed by atoms with Crippen LogP contribution in [-0.2, 0) is 16.1 Å². The Kier molecular flexibility index (Phi) is 4.71. The minimum Gasteiger partial charge on any atom is -0.286 e. The second kappa shape index (κ2) is 6.69. The van der Waals surface area contributed by atoms with Crippen molar-refractivity contribution in [1.29, 1.82) is 0 Å². The van der Waals surface area contributed by atoms with Gasteiger partial charge in [0.05, 0.1) is 17.6 Å². The van der Waals surface area contributed by atoms with Gasteiger partial charge in [0.25, 0.3) is 0 Å². The molecule has 1 aromatic heterocycles. The van der Waals surface area contributed by atoms with Crippen molar-refractivity contribution in [3.05, 3.63) is 48.3 Å². The van der Waals surface area contributed by atoms with E-state index in [0.717, 1.165) is 35.9 Å². The first-order valence-corrected chi connectivity index (χ1v) is 6.67. The normalized spacial score (nSPS) is 10.2. The molecule has 2 rings (SSSR count). The van der Waals surface area contributed by atoms with Gasteiger partial charge in [-0.15, -0.1) is 0 Å². The molecule has 0 N–H and O–H groups in total. The molecule has 0 radical (unpaired) electrons. The van der Waals surface area contributed by atoms with Crippen molar-refractivity contribution >= 4 is 5.97 Å². The number of aryl methyl sites for hydroxylation is 2. The van der Waals surface area contributed by atoms with Crippen LogP contribution in [0.2, 0.25) is 0 Å². The zero-order valence-corrected chi connectivity index (χ0v) is 12.1. The van der Waals surface area contributed by atoms with E-state index in [-0.39, 0.29) is 0 Å². The Morgan fingerprint density at radius 3 is 3.00 bits per heavy atom. The van der Waals surface area contributed by atoms with Crippen LogP contribution >= 0.6 is 0 Å². The molecular formula is C15H17N3O3. The molecule has 0 fully saturated rings. The number of carbonyl (C=O) groups excluding carboxylic acids is 1. The van der Waals surface area contributed by atoms with E-state index < -0.39 is 5.97 Å². The average Bonchev–Trinajstić information content (AvgIpc) is 2.95. The van der Waals surface area contributed by atoms with Crippen molar-refractivity contribution in [1.82, 2.24) is 15.0 Å². The molecule has 0 saturated carbocycles. The summed E-state index contributed by atoms with van der Waals surface area (Å²) in [7, 11) is 0. The van der Waals surface area contributed by atoms with Gasteiger partial charge in [0.2, 0.25) is 0 Å². The molecule has 0 amide bonds. The predicted molar refractivity (Wildman–Crippen MR) is 77.0 cm³/mol. The maximum atomic E-state index is 11.0. The number of aromatic nitrogens is 3. The Labute approximate surface area is 122 Å². The third-order valence-corrected chi connectivity index (χ3v) is 2.83. The Hall–Kier alpha value is -2.63. The van der Waals surface area contributed by atoms with E-state index in [9.17, 15) is 4.79 Å². The van der Waals surface area contributed by atoms with Crippen LogP contribution in [-0.4, -0.2) is 21.0 Å². The van der Waals surface area contributed by atoms with Crippen molar-refractivity contribution in [2.75, 3.05) is 0 Å². The second-order valence-electron chi connectivity index (χ2n) is 4.51. The van der Waals surface area contributed by atoms with E-state index >= 15 is 0 Å². The zero-order valence-electron chi connectivity index (χ0n) is 12.1. The molecule has 0 aliphatic carbocycles. The maximum Gasteiger partial charge on any atom is 0.378 e. The van der Waals surface area contributed by atoms with Crippen molar-refractivity contribution in [2.24, 2.45) is 0 Å². The summed E-state index contributed by atoms with van der Waals surface area (Å²) in [6, 6.07) is 5.42. The van der Waals surface area contributed by atoms with Gasteiger partial charge in [0.1, 0.15) is 0 Å². The fraction of sp³-hybridized carbons (Fsp3) is 0.267. The third-order valence-electron chi connectivity index (χ3n) is 2.83. The standard InChI is InChI=1S/C15H17N3O3/c1-4-6-12-10-16-18(17-12)13-8-7-11(3)14(9-13)20-21-15(19)5-2/h5,7-10H,2,4,6H2,1,3H3. The van der Waals surface area contributed by atoms with Crippen LogP contribution in [0.5, 0.6) is 5.75 Å². The van der Waals surface area contributed by atoms with E-state index in [4.69, 9.17) is 4.89 Å². The third kappa shape index (κ3) is 3.68. The molecule has 0 atom stereocenters. The molecular weight excluding hydrogens is 270 g/mol. The van der Waals surface area contributed by atoms with E-state index in [1.54, 1.807) is 12.3 Å². The Bertz CT molecular complexity index is 649. The van der Waals surface area contributed by atoms with E-state index in [1.165, 1.54) is 4.80 Å². The highest BCUT2D eigenvalue weighted by atomic mass is 17.2. The summed E-state index contributed by atoms with van der Waals surface area (Å²) in [4.78, 5) is 22.2. The number of carbonyl (C=O) groups is 1. The summed E-state index contributed by atoms with van der Waals surface area (Å²) in [5.41, 5.74) is 2.49. The molecule has 6 heteroatoms. The van der Waals surface area contributed by atoms with Crippen molar-refractivity contribution in [3.63, 3.8) is 0 Å². The van der Waals surface area contributed by atoms with E-state index in [0.29, 0.717) is 5.75 Å². The largest absolute Gasteiger partial charge is 0.378 e. The highest BCUT2D eigenvalue weighted by Gasteiger charge is 2.08. The lowest BCUT2D eigenvalue weighted by atomic mass is 10.2. The van der Waals surface area contributed by atoms with Crippen LogP contribution in [0.3, 0.4) is 0 Å². The van der Waals surface area contributed by atoms with Crippen LogP contribution in [0, 0.1) is 6.92 Å². The van der Waals surface area contributed by atoms with Gasteiger partial charge in [-0.2, -0.15) is 15.0 Å². The van der Waals surface area contributed by atoms with E-state index in [1.807, 2.05) is 19.1 Å².